The van der Waals surface area contributed by atoms with Gasteiger partial charge in [0.2, 0.25) is 5.91 Å². The molecule has 130 valence electrons. The monoisotopic (exact) mass is 402 g/mol. The number of amides is 1. The lowest BCUT2D eigenvalue weighted by atomic mass is 10.1. The van der Waals surface area contributed by atoms with Gasteiger partial charge in [-0.25, -0.2) is 9.50 Å². The fourth-order valence-electron chi connectivity index (χ4n) is 3.01. The summed E-state index contributed by atoms with van der Waals surface area (Å²) in [5.74, 6) is -0.0349. The van der Waals surface area contributed by atoms with Gasteiger partial charge in [-0.05, 0) is 44.5 Å². The molecule has 0 atom stereocenters. The first-order chi connectivity index (χ1) is 11.8. The highest BCUT2D eigenvalue weighted by Gasteiger charge is 2.18. The Morgan fingerprint density at radius 1 is 1.28 bits per heavy atom. The van der Waals surface area contributed by atoms with Crippen LogP contribution < -0.4 is 10.5 Å². The third-order valence-electron chi connectivity index (χ3n) is 4.42. The number of halogens is 1. The molecule has 1 N–H and O–H groups in total. The maximum absolute atomic E-state index is 12.8. The number of fused-ring (bicyclic) bond motifs is 1. The van der Waals surface area contributed by atoms with Crippen LogP contribution >= 0.6 is 15.9 Å². The van der Waals surface area contributed by atoms with Crippen molar-refractivity contribution in [1.82, 2.24) is 14.6 Å². The maximum Gasteiger partial charge on any atom is 0.266 e. The lowest BCUT2D eigenvalue weighted by Crippen LogP contribution is -2.29. The van der Waals surface area contributed by atoms with E-state index in [1.54, 1.807) is 16.5 Å². The first kappa shape index (κ1) is 17.4. The average molecular weight is 403 g/mol. The van der Waals surface area contributed by atoms with Crippen molar-refractivity contribution >= 4 is 33.2 Å². The molecular formula is C18H19BrN4O2. The molecule has 0 aliphatic carbocycles. The largest absolute Gasteiger partial charge is 0.315 e. The Morgan fingerprint density at radius 3 is 2.68 bits per heavy atom. The van der Waals surface area contributed by atoms with Crippen LogP contribution in [0.4, 0.5) is 5.69 Å². The van der Waals surface area contributed by atoms with Crippen molar-refractivity contribution in [2.75, 3.05) is 11.9 Å². The van der Waals surface area contributed by atoms with E-state index < -0.39 is 0 Å². The number of likely N-dealkylation sites (N-methyl/N-ethyl adjacent to an activating group) is 1. The van der Waals surface area contributed by atoms with Gasteiger partial charge in [-0.1, -0.05) is 15.9 Å². The van der Waals surface area contributed by atoms with Crippen LogP contribution in [-0.4, -0.2) is 27.6 Å². The lowest BCUT2D eigenvalue weighted by molar-refractivity contribution is -0.117. The van der Waals surface area contributed by atoms with E-state index in [9.17, 15) is 9.59 Å². The van der Waals surface area contributed by atoms with Crippen LogP contribution in [-0.2, 0) is 11.2 Å². The van der Waals surface area contributed by atoms with Crippen molar-refractivity contribution in [2.24, 2.45) is 0 Å². The van der Waals surface area contributed by atoms with Crippen LogP contribution in [0, 0.1) is 20.8 Å². The predicted molar refractivity (Wildman–Crippen MR) is 101 cm³/mol. The Labute approximate surface area is 153 Å². The summed E-state index contributed by atoms with van der Waals surface area (Å²) in [6, 6.07) is 7.26. The highest BCUT2D eigenvalue weighted by molar-refractivity contribution is 9.10. The van der Waals surface area contributed by atoms with Crippen LogP contribution in [0.25, 0.3) is 5.65 Å². The molecule has 0 bridgehead atoms. The molecule has 3 rings (SSSR count). The molecule has 0 saturated heterocycles. The molecule has 0 aliphatic rings. The van der Waals surface area contributed by atoms with E-state index in [2.05, 4.69) is 26.0 Å². The van der Waals surface area contributed by atoms with Crippen molar-refractivity contribution in [2.45, 2.75) is 27.2 Å². The van der Waals surface area contributed by atoms with Crippen molar-refractivity contribution in [3.8, 4) is 0 Å². The molecule has 0 radical (unpaired) electrons. The second kappa shape index (κ2) is 6.48. The molecule has 1 aromatic carbocycles. The Bertz CT molecular complexity index is 1040. The topological polar surface area (TPSA) is 70.5 Å². The Balaban J connectivity index is 1.95. The molecule has 0 fully saturated rings. The Morgan fingerprint density at radius 2 is 2.00 bits per heavy atom. The number of nitrogens with zero attached hydrogens (tertiary/aromatic N) is 3. The standard InChI is InChI=1S/C18H19BrN4O2/c1-10-7-13(19)5-6-15(10)22(4)18(25)8-14-11(2)20-16-9-17(24)21-23(16)12(14)3/h5-7,9H,8H2,1-4H3,(H,21,24). The second-order valence-electron chi connectivity index (χ2n) is 6.14. The van der Waals surface area contributed by atoms with E-state index in [4.69, 9.17) is 0 Å². The average Bonchev–Trinajstić information content (AvgIpc) is 2.91. The molecule has 0 spiro atoms. The molecule has 0 saturated carbocycles. The van der Waals surface area contributed by atoms with E-state index in [1.807, 2.05) is 39.0 Å². The summed E-state index contributed by atoms with van der Waals surface area (Å²) in [7, 11) is 1.77. The normalized spacial score (nSPS) is 11.1. The first-order valence-corrected chi connectivity index (χ1v) is 8.68. The third-order valence-corrected chi connectivity index (χ3v) is 4.92. The molecule has 2 heterocycles. The fraction of sp³-hybridized carbons (Fsp3) is 0.278. The summed E-state index contributed by atoms with van der Waals surface area (Å²) in [6.07, 6.45) is 0.215. The molecule has 25 heavy (non-hydrogen) atoms. The summed E-state index contributed by atoms with van der Waals surface area (Å²) < 4.78 is 2.61. The van der Waals surface area contributed by atoms with Gasteiger partial charge in [0.1, 0.15) is 0 Å². The first-order valence-electron chi connectivity index (χ1n) is 7.88. The SMILES string of the molecule is Cc1cc(Br)ccc1N(C)C(=O)Cc1c(C)nc2cc(=O)[nH]n2c1C. The van der Waals surface area contributed by atoms with Crippen LogP contribution in [0.5, 0.6) is 0 Å². The zero-order valence-electron chi connectivity index (χ0n) is 14.6. The van der Waals surface area contributed by atoms with Crippen molar-refractivity contribution in [3.63, 3.8) is 0 Å². The van der Waals surface area contributed by atoms with Crippen molar-refractivity contribution < 1.29 is 4.79 Å². The minimum atomic E-state index is -0.207. The summed E-state index contributed by atoms with van der Waals surface area (Å²) in [6.45, 7) is 5.71. The number of carbonyl (C=O) groups is 1. The molecule has 2 aromatic heterocycles. The van der Waals surface area contributed by atoms with Crippen molar-refractivity contribution in [1.29, 1.82) is 0 Å². The summed E-state index contributed by atoms with van der Waals surface area (Å²) in [4.78, 5) is 30.4. The van der Waals surface area contributed by atoms with Gasteiger partial charge in [-0.2, -0.15) is 0 Å². The Hall–Kier alpha value is -2.41. The molecule has 7 heteroatoms. The summed E-state index contributed by atoms with van der Waals surface area (Å²) in [5, 5.41) is 2.71. The zero-order chi connectivity index (χ0) is 18.3. The lowest BCUT2D eigenvalue weighted by Gasteiger charge is -2.21. The predicted octanol–water partition coefficient (Wildman–Crippen LogP) is 2.92. The van der Waals surface area contributed by atoms with Gasteiger partial charge in [0.05, 0.1) is 6.42 Å². The summed E-state index contributed by atoms with van der Waals surface area (Å²) >= 11 is 3.44. The maximum atomic E-state index is 12.8. The highest BCUT2D eigenvalue weighted by atomic mass is 79.9. The van der Waals surface area contributed by atoms with Crippen LogP contribution in [0.3, 0.4) is 0 Å². The van der Waals surface area contributed by atoms with Gasteiger partial charge in [-0.15, -0.1) is 0 Å². The van der Waals surface area contributed by atoms with Crippen LogP contribution in [0.1, 0.15) is 22.5 Å². The van der Waals surface area contributed by atoms with Gasteiger partial charge in [0.25, 0.3) is 5.56 Å². The van der Waals surface area contributed by atoms with Crippen LogP contribution in [0.2, 0.25) is 0 Å². The van der Waals surface area contributed by atoms with Gasteiger partial charge in [-0.3, -0.25) is 14.7 Å². The number of rotatable bonds is 3. The number of anilines is 1. The van der Waals surface area contributed by atoms with E-state index in [-0.39, 0.29) is 17.9 Å². The van der Waals surface area contributed by atoms with Gasteiger partial charge < -0.3 is 4.90 Å². The number of carbonyl (C=O) groups excluding carboxylic acids is 1. The van der Waals surface area contributed by atoms with E-state index in [0.717, 1.165) is 32.7 Å². The molecule has 3 aromatic rings. The Kier molecular flexibility index (Phi) is 4.51. The fourth-order valence-corrected chi connectivity index (χ4v) is 3.49. The minimum absolute atomic E-state index is 0.0349. The number of aryl methyl sites for hydroxylation is 3. The number of hydrogen-bond acceptors (Lipinski definition) is 3. The second-order valence-corrected chi connectivity index (χ2v) is 7.05. The number of aromatic amines is 1. The van der Waals surface area contributed by atoms with Crippen LogP contribution in [0.15, 0.2) is 33.5 Å². The van der Waals surface area contributed by atoms with E-state index in [0.29, 0.717) is 5.65 Å². The minimum Gasteiger partial charge on any atom is -0.315 e. The third kappa shape index (κ3) is 3.24. The quantitative estimate of drug-likeness (QED) is 0.731. The summed E-state index contributed by atoms with van der Waals surface area (Å²) in [5.41, 5.74) is 4.64. The number of H-pyrrole nitrogens is 1. The molecular weight excluding hydrogens is 384 g/mol. The smallest absolute Gasteiger partial charge is 0.266 e. The van der Waals surface area contributed by atoms with E-state index >= 15 is 0 Å². The molecule has 0 aliphatic heterocycles. The highest BCUT2D eigenvalue weighted by Crippen LogP contribution is 2.24. The van der Waals surface area contributed by atoms with Gasteiger partial charge in [0.15, 0.2) is 5.65 Å². The number of aromatic nitrogens is 3. The number of nitrogens with one attached hydrogen (secondary N) is 1. The van der Waals surface area contributed by atoms with Gasteiger partial charge in [0, 0.05) is 40.2 Å². The number of benzene rings is 1. The number of hydrogen-bond donors (Lipinski definition) is 1. The molecule has 1 amide bonds. The van der Waals surface area contributed by atoms with Crippen molar-refractivity contribution in [3.05, 3.63) is 61.6 Å². The molecule has 6 nitrogen and oxygen atoms in total. The zero-order valence-corrected chi connectivity index (χ0v) is 16.1. The van der Waals surface area contributed by atoms with Gasteiger partial charge >= 0.3 is 0 Å². The van der Waals surface area contributed by atoms with E-state index in [1.165, 1.54) is 6.07 Å². The molecule has 0 unspecified atom stereocenters.